The molecule has 0 aliphatic heterocycles. The Kier molecular flexibility index (Phi) is 50.3. The Bertz CT molecular complexity index is 3930. The predicted octanol–water partition coefficient (Wildman–Crippen LogP) is -8.46. The second-order valence-corrected chi connectivity index (χ2v) is 30.5. The van der Waals surface area contributed by atoms with Crippen molar-refractivity contribution in [2.45, 2.75) is 241 Å². The number of carbonyl (C=O) groups excluding carboxylic acids is 18. The minimum atomic E-state index is -2.04. The molecule has 0 fully saturated rings. The standard InChI is InChI=1S/C76H125N23O23S/c1-6-39(3)62(99-73(118)53(34-58(84)104)95-70(115)49(23-26-61(107)108)92-68(113)47(21-24-55(81)101)91-66(111)45(19-11-14-29-78)88-59(105)36-86-64(109)43(80)17-10-13-28-77)74(119)93-48(22-25-56(82)102)69(114)90-46(20-12-15-30-79)67(112)94-51(32-41-35-85-44-18-9-8-16-42(41)44)72(117)98-63(40(4)7-2)75(120)96-52(33-57(83)103)65(110)87-37-60(106)89-50(27-31-123-5)71(116)97-54(38-100)76(121)122/h8-9,16,18,35,39-40,43,45-54,62-63,85,100H,6-7,10-15,17,19-34,36-38,77-80H2,1-5H3,(H2,81,101)(H2,82,102)(H2,83,103)(H2,84,104)(H,86,109)(H,87,110)(H,88,105)(H,89,106)(H,90,114)(H,91,111)(H,92,113)(H,93,119)(H,94,112)(H,95,115)(H,96,120)(H,97,116)(H,98,117)(H,99,118)(H,107,108)(H,121,122)/t39-,40-,43-,45-,46-,47-,48-,49-,50-,51-,52-,53-,54-,62-,63-/m0/s1. The van der Waals surface area contributed by atoms with Gasteiger partial charge in [0.05, 0.1) is 38.6 Å². The molecular weight excluding hydrogens is 1640 g/mol. The number of primary amides is 4. The van der Waals surface area contributed by atoms with Gasteiger partial charge in [0.15, 0.2) is 0 Å². The number of amides is 18. The molecule has 0 unspecified atom stereocenters. The number of thioether (sulfide) groups is 1. The van der Waals surface area contributed by atoms with E-state index in [9.17, 15) is 106 Å². The van der Waals surface area contributed by atoms with Crippen LogP contribution in [0.25, 0.3) is 10.9 Å². The minimum absolute atomic E-state index is 0.0204. The lowest BCUT2D eigenvalue weighted by molar-refractivity contribution is -0.143. The molecule has 0 aliphatic rings. The molecule has 2 rings (SSSR count). The highest BCUT2D eigenvalue weighted by Gasteiger charge is 2.40. The summed E-state index contributed by atoms with van der Waals surface area (Å²) in [4.78, 5) is 273. The molecule has 0 saturated heterocycles. The van der Waals surface area contributed by atoms with E-state index in [1.54, 1.807) is 57.5 Å². The smallest absolute Gasteiger partial charge is 0.328 e. The highest BCUT2D eigenvalue weighted by molar-refractivity contribution is 7.98. The Hall–Kier alpha value is -11.7. The summed E-state index contributed by atoms with van der Waals surface area (Å²) in [5, 5.41) is 62.9. The molecule has 34 N–H and O–H groups in total. The van der Waals surface area contributed by atoms with Gasteiger partial charge in [-0.2, -0.15) is 11.8 Å². The van der Waals surface area contributed by atoms with Gasteiger partial charge >= 0.3 is 11.9 Å². The Labute approximate surface area is 714 Å². The monoisotopic (exact) mass is 1760 g/mol. The number of aliphatic hydroxyl groups is 1. The Morgan fingerprint density at radius 1 is 0.407 bits per heavy atom. The maximum Gasteiger partial charge on any atom is 0.328 e. The van der Waals surface area contributed by atoms with Crippen LogP contribution in [0, 0.1) is 11.8 Å². The lowest BCUT2D eigenvalue weighted by Gasteiger charge is -2.30. The van der Waals surface area contributed by atoms with Crippen LogP contribution >= 0.6 is 11.8 Å². The molecule has 15 atom stereocenters. The van der Waals surface area contributed by atoms with Crippen molar-refractivity contribution < 1.29 is 111 Å². The highest BCUT2D eigenvalue weighted by atomic mass is 32.2. The van der Waals surface area contributed by atoms with Crippen molar-refractivity contribution in [3.05, 3.63) is 36.0 Å². The summed E-state index contributed by atoms with van der Waals surface area (Å²) in [7, 11) is 0. The number of rotatable bonds is 64. The van der Waals surface area contributed by atoms with Crippen LogP contribution < -0.4 is 120 Å². The number of aromatic nitrogens is 1. The van der Waals surface area contributed by atoms with Crippen LogP contribution in [0.5, 0.6) is 0 Å². The average molecular weight is 1760 g/mol. The number of fused-ring (bicyclic) bond motifs is 1. The normalized spacial score (nSPS) is 14.7. The van der Waals surface area contributed by atoms with Crippen molar-refractivity contribution in [1.82, 2.24) is 79.4 Å². The first-order chi connectivity index (χ1) is 58.2. The van der Waals surface area contributed by atoms with Crippen LogP contribution in [0.3, 0.4) is 0 Å². The van der Waals surface area contributed by atoms with E-state index in [-0.39, 0.29) is 77.3 Å². The highest BCUT2D eigenvalue weighted by Crippen LogP contribution is 2.21. The number of para-hydroxylation sites is 1. The van der Waals surface area contributed by atoms with Gasteiger partial charge in [-0.3, -0.25) is 91.1 Å². The fraction of sp³-hybridized carbons (Fsp3) is 0.632. The lowest BCUT2D eigenvalue weighted by Crippen LogP contribution is -2.62. The number of H-pyrrole nitrogens is 1. The number of nitrogens with one attached hydrogen (secondary N) is 15. The molecule has 47 heteroatoms. The number of carboxylic acids is 2. The molecule has 18 amide bonds. The van der Waals surface area contributed by atoms with Gasteiger partial charge in [-0.25, -0.2) is 4.79 Å². The summed E-state index contributed by atoms with van der Waals surface area (Å²) < 4.78 is 0. The van der Waals surface area contributed by atoms with Crippen LogP contribution in [0.4, 0.5) is 0 Å². The summed E-state index contributed by atoms with van der Waals surface area (Å²) >= 11 is 1.28. The summed E-state index contributed by atoms with van der Waals surface area (Å²) in [5.74, 6) is -23.5. The zero-order chi connectivity index (χ0) is 92.6. The zero-order valence-electron chi connectivity index (χ0n) is 69.9. The number of nitrogens with two attached hydrogens (primary N) is 8. The number of carboxylic acid groups (broad SMARTS) is 2. The molecule has 0 bridgehead atoms. The second-order valence-electron chi connectivity index (χ2n) is 29.5. The Balaban J connectivity index is 2.62. The number of benzene rings is 1. The molecular formula is C76H125N23O23S. The van der Waals surface area contributed by atoms with E-state index in [0.29, 0.717) is 48.0 Å². The lowest BCUT2D eigenvalue weighted by atomic mass is 9.96. The third-order valence-corrected chi connectivity index (χ3v) is 20.3. The number of hydrogen-bond donors (Lipinski definition) is 26. The number of carbonyl (C=O) groups is 20. The van der Waals surface area contributed by atoms with Crippen LogP contribution in [0.2, 0.25) is 0 Å². The Morgan fingerprint density at radius 3 is 1.18 bits per heavy atom. The Morgan fingerprint density at radius 2 is 0.764 bits per heavy atom. The van der Waals surface area contributed by atoms with Crippen molar-refractivity contribution in [2.24, 2.45) is 57.7 Å². The van der Waals surface area contributed by atoms with Gasteiger partial charge in [0, 0.05) is 42.8 Å². The van der Waals surface area contributed by atoms with Crippen molar-refractivity contribution >= 4 is 141 Å². The molecule has 1 heterocycles. The zero-order valence-corrected chi connectivity index (χ0v) is 70.7. The summed E-state index contributed by atoms with van der Waals surface area (Å²) in [5.41, 5.74) is 46.1. The topological polar surface area (TPSA) is 794 Å². The van der Waals surface area contributed by atoms with Gasteiger partial charge < -0.3 is 141 Å². The molecule has 1 aromatic heterocycles. The third kappa shape index (κ3) is 40.7. The maximum atomic E-state index is 15.0. The van der Waals surface area contributed by atoms with Gasteiger partial charge in [0.25, 0.3) is 0 Å². The SMILES string of the molecule is CC[C@H](C)[C@H](NC(=O)[C@H](Cc1c[nH]c2ccccc12)NC(=O)[C@H](CCCCN)NC(=O)[C@H](CCC(N)=O)NC(=O)[C@@H](NC(=O)[C@H](CC(N)=O)NC(=O)[C@H](CCC(=O)O)NC(=O)[C@H](CCC(N)=O)NC(=O)[C@H](CCCCN)NC(=O)CNC(=O)[C@@H](N)CCCCN)[C@@H](C)CC)C(=O)N[C@@H](CC(N)=O)C(=O)NCC(=O)N[C@@H](CCSC)C(=O)N[C@@H](CO)C(=O)O. The molecule has 2 aromatic rings. The number of aliphatic carboxylic acids is 2. The van der Waals surface area contributed by atoms with Gasteiger partial charge in [-0.1, -0.05) is 65.2 Å². The first-order valence-electron chi connectivity index (χ1n) is 40.5. The molecule has 46 nitrogen and oxygen atoms in total. The largest absolute Gasteiger partial charge is 0.481 e. The molecule has 1 aromatic carbocycles. The van der Waals surface area contributed by atoms with Crippen molar-refractivity contribution in [3.63, 3.8) is 0 Å². The van der Waals surface area contributed by atoms with Gasteiger partial charge in [-0.05, 0) is 132 Å². The van der Waals surface area contributed by atoms with Crippen LogP contribution in [-0.2, 0) is 102 Å². The number of aliphatic hydroxyl groups excluding tert-OH is 1. The van der Waals surface area contributed by atoms with Gasteiger partial charge in [0.1, 0.15) is 72.5 Å². The first kappa shape index (κ1) is 107. The fourth-order valence-corrected chi connectivity index (χ4v) is 12.7. The molecule has 0 radical (unpaired) electrons. The van der Waals surface area contributed by atoms with E-state index < -0.39 is 280 Å². The summed E-state index contributed by atoms with van der Waals surface area (Å²) in [6.45, 7) is 4.43. The molecule has 0 aliphatic carbocycles. The average Bonchev–Trinajstić information content (AvgIpc) is 1.72. The third-order valence-electron chi connectivity index (χ3n) is 19.7. The van der Waals surface area contributed by atoms with E-state index >= 15 is 4.79 Å². The van der Waals surface area contributed by atoms with Gasteiger partial charge in [-0.15, -0.1) is 0 Å². The second kappa shape index (κ2) is 57.6. The summed E-state index contributed by atoms with van der Waals surface area (Å²) in [6.07, 6.45) is -0.435. The van der Waals surface area contributed by atoms with Crippen molar-refractivity contribution in [3.8, 4) is 0 Å². The van der Waals surface area contributed by atoms with Crippen LogP contribution in [-0.4, -0.2) is 268 Å². The molecule has 0 saturated carbocycles. The van der Waals surface area contributed by atoms with Gasteiger partial charge in [0.2, 0.25) is 106 Å². The van der Waals surface area contributed by atoms with E-state index in [0.717, 1.165) is 0 Å². The quantitative estimate of drug-likeness (QED) is 0.0274. The molecule has 123 heavy (non-hydrogen) atoms. The van der Waals surface area contributed by atoms with E-state index in [4.69, 9.17) is 45.9 Å². The van der Waals surface area contributed by atoms with Crippen LogP contribution in [0.15, 0.2) is 30.5 Å². The van der Waals surface area contributed by atoms with E-state index in [2.05, 4.69) is 79.4 Å². The number of unbranched alkanes of at least 4 members (excludes halogenated alkanes) is 3. The van der Waals surface area contributed by atoms with Crippen molar-refractivity contribution in [2.75, 3.05) is 51.3 Å². The summed E-state index contributed by atoms with van der Waals surface area (Å²) in [6, 6.07) is -14.4. The fourth-order valence-electron chi connectivity index (χ4n) is 12.2. The number of hydrogen-bond acceptors (Lipinski definition) is 26. The van der Waals surface area contributed by atoms with E-state index in [1.165, 1.54) is 18.7 Å². The molecule has 0 spiro atoms. The minimum Gasteiger partial charge on any atom is -0.481 e. The predicted molar refractivity (Wildman–Crippen MR) is 446 cm³/mol. The molecule has 688 valence electrons. The number of aromatic amines is 1. The van der Waals surface area contributed by atoms with Crippen LogP contribution in [0.1, 0.15) is 162 Å². The maximum absolute atomic E-state index is 15.0. The first-order valence-corrected chi connectivity index (χ1v) is 41.8. The van der Waals surface area contributed by atoms with Crippen molar-refractivity contribution in [1.29, 1.82) is 0 Å². The van der Waals surface area contributed by atoms with E-state index in [1.807, 2.05) is 0 Å².